The summed E-state index contributed by atoms with van der Waals surface area (Å²) in [5.41, 5.74) is 0.243. The fraction of sp³-hybridized carbons (Fsp3) is 0.909. The summed E-state index contributed by atoms with van der Waals surface area (Å²) < 4.78 is 0. The molecule has 14 heavy (non-hydrogen) atoms. The molecular weight excluding hydrogens is 178 g/mol. The van der Waals surface area contributed by atoms with Crippen LogP contribution in [0.25, 0.3) is 0 Å². The Morgan fingerprint density at radius 1 is 1.43 bits per heavy atom. The van der Waals surface area contributed by atoms with Gasteiger partial charge in [-0.15, -0.1) is 0 Å². The Labute approximate surface area is 86.1 Å². The molecular formula is C11H21NO2. The molecule has 1 aliphatic rings. The fourth-order valence-corrected chi connectivity index (χ4v) is 2.16. The van der Waals surface area contributed by atoms with Crippen LogP contribution in [-0.2, 0) is 4.79 Å². The zero-order valence-corrected chi connectivity index (χ0v) is 9.58. The van der Waals surface area contributed by atoms with E-state index < -0.39 is 5.97 Å². The molecule has 1 saturated carbocycles. The van der Waals surface area contributed by atoms with Crippen molar-refractivity contribution < 1.29 is 9.90 Å². The molecule has 1 N–H and O–H groups in total. The number of carboxylic acid groups (broad SMARTS) is 1. The van der Waals surface area contributed by atoms with E-state index in [2.05, 4.69) is 25.7 Å². The van der Waals surface area contributed by atoms with E-state index in [4.69, 9.17) is 5.11 Å². The molecule has 0 radical (unpaired) electrons. The van der Waals surface area contributed by atoms with Crippen LogP contribution < -0.4 is 0 Å². The molecule has 1 rings (SSSR count). The van der Waals surface area contributed by atoms with Crippen molar-refractivity contribution in [2.24, 2.45) is 11.3 Å². The molecule has 0 heterocycles. The maximum absolute atomic E-state index is 10.8. The molecule has 2 unspecified atom stereocenters. The lowest BCUT2D eigenvalue weighted by atomic mass is 9.78. The summed E-state index contributed by atoms with van der Waals surface area (Å²) in [5.74, 6) is -0.774. The number of aliphatic carboxylic acids is 1. The first kappa shape index (κ1) is 11.5. The van der Waals surface area contributed by atoms with Gasteiger partial charge in [-0.1, -0.05) is 20.8 Å². The summed E-state index contributed by atoms with van der Waals surface area (Å²) in [4.78, 5) is 13.0. The van der Waals surface area contributed by atoms with Gasteiger partial charge in [0.15, 0.2) is 0 Å². The Morgan fingerprint density at radius 3 is 2.29 bits per heavy atom. The largest absolute Gasteiger partial charge is 0.481 e. The maximum atomic E-state index is 10.8. The van der Waals surface area contributed by atoms with E-state index in [1.807, 2.05) is 7.05 Å². The van der Waals surface area contributed by atoms with E-state index in [9.17, 15) is 4.79 Å². The van der Waals surface area contributed by atoms with Crippen LogP contribution in [0.4, 0.5) is 0 Å². The van der Waals surface area contributed by atoms with Gasteiger partial charge in [-0.2, -0.15) is 0 Å². The van der Waals surface area contributed by atoms with E-state index >= 15 is 0 Å². The minimum Gasteiger partial charge on any atom is -0.481 e. The van der Waals surface area contributed by atoms with Gasteiger partial charge in [0.25, 0.3) is 0 Å². The molecule has 1 aliphatic carbocycles. The number of carbonyl (C=O) groups is 1. The highest BCUT2D eigenvalue weighted by Gasteiger charge is 2.39. The second-order valence-electron chi connectivity index (χ2n) is 5.57. The number of nitrogens with zero attached hydrogens (tertiary/aromatic N) is 1. The third-order valence-corrected chi connectivity index (χ3v) is 2.84. The molecule has 0 aromatic heterocycles. The second kappa shape index (κ2) is 3.89. The fourth-order valence-electron chi connectivity index (χ4n) is 2.16. The topological polar surface area (TPSA) is 40.5 Å². The lowest BCUT2D eigenvalue weighted by Gasteiger charge is -2.42. The number of hydrogen-bond acceptors (Lipinski definition) is 2. The van der Waals surface area contributed by atoms with Crippen LogP contribution in [0.1, 0.15) is 33.6 Å². The number of carboxylic acids is 1. The Morgan fingerprint density at radius 2 is 2.00 bits per heavy atom. The third-order valence-electron chi connectivity index (χ3n) is 2.84. The molecule has 1 fully saturated rings. The Kier molecular flexibility index (Phi) is 3.20. The van der Waals surface area contributed by atoms with Gasteiger partial charge in [0.05, 0.1) is 5.92 Å². The molecule has 0 spiro atoms. The average Bonchev–Trinajstić information content (AvgIpc) is 1.75. The van der Waals surface area contributed by atoms with Gasteiger partial charge < -0.3 is 10.0 Å². The van der Waals surface area contributed by atoms with Crippen LogP contribution in [0.15, 0.2) is 0 Å². The number of hydrogen-bond donors (Lipinski definition) is 1. The molecule has 0 bridgehead atoms. The Hall–Kier alpha value is -0.570. The van der Waals surface area contributed by atoms with E-state index in [1.54, 1.807) is 0 Å². The molecule has 3 nitrogen and oxygen atoms in total. The van der Waals surface area contributed by atoms with Gasteiger partial charge in [0, 0.05) is 12.6 Å². The monoisotopic (exact) mass is 199 g/mol. The molecule has 0 aromatic carbocycles. The van der Waals surface area contributed by atoms with E-state index in [1.165, 1.54) is 0 Å². The summed E-state index contributed by atoms with van der Waals surface area (Å²) in [5, 5.41) is 8.92. The second-order valence-corrected chi connectivity index (χ2v) is 5.57. The van der Waals surface area contributed by atoms with Crippen LogP contribution in [0.2, 0.25) is 0 Å². The minimum absolute atomic E-state index is 0.137. The molecule has 2 atom stereocenters. The Bertz CT molecular complexity index is 220. The highest BCUT2D eigenvalue weighted by atomic mass is 16.4. The molecule has 0 saturated heterocycles. The quantitative estimate of drug-likeness (QED) is 0.754. The van der Waals surface area contributed by atoms with Gasteiger partial charge in [-0.25, -0.2) is 0 Å². The van der Waals surface area contributed by atoms with Crippen molar-refractivity contribution >= 4 is 5.97 Å². The summed E-state index contributed by atoms with van der Waals surface area (Å²) in [7, 11) is 2.03. The maximum Gasteiger partial charge on any atom is 0.308 e. The lowest BCUT2D eigenvalue weighted by molar-refractivity contribution is -0.148. The van der Waals surface area contributed by atoms with Gasteiger partial charge in [0.2, 0.25) is 0 Å². The molecule has 3 heteroatoms. The zero-order chi connectivity index (χ0) is 10.9. The molecule has 82 valence electrons. The predicted octanol–water partition coefficient (Wildman–Crippen LogP) is 1.83. The summed E-state index contributed by atoms with van der Waals surface area (Å²) in [6, 6.07) is 0.256. The van der Waals surface area contributed by atoms with E-state index in [0.29, 0.717) is 0 Å². The standard InChI is InChI=1S/C11H21NO2/c1-11(2,3)7-12(4)9-6-5-8(9)10(13)14/h8-9H,5-7H2,1-4H3,(H,13,14). The third kappa shape index (κ3) is 2.71. The predicted molar refractivity (Wildman–Crippen MR) is 56.2 cm³/mol. The average molecular weight is 199 g/mol. The van der Waals surface area contributed by atoms with Crippen molar-refractivity contribution in [3.05, 3.63) is 0 Å². The van der Waals surface area contributed by atoms with Gasteiger partial charge >= 0.3 is 5.97 Å². The summed E-state index contributed by atoms with van der Waals surface area (Å²) in [6.07, 6.45) is 1.87. The van der Waals surface area contributed by atoms with Crippen molar-refractivity contribution in [1.82, 2.24) is 4.90 Å². The van der Waals surface area contributed by atoms with Crippen LogP contribution >= 0.6 is 0 Å². The highest BCUT2D eigenvalue weighted by molar-refractivity contribution is 5.72. The van der Waals surface area contributed by atoms with Crippen molar-refractivity contribution in [2.45, 2.75) is 39.7 Å². The van der Waals surface area contributed by atoms with Gasteiger partial charge in [0.1, 0.15) is 0 Å². The molecule has 0 amide bonds. The van der Waals surface area contributed by atoms with Crippen LogP contribution in [0.3, 0.4) is 0 Å². The first-order valence-electron chi connectivity index (χ1n) is 5.24. The summed E-state index contributed by atoms with van der Waals surface area (Å²) in [6.45, 7) is 7.50. The van der Waals surface area contributed by atoms with Gasteiger partial charge in [-0.05, 0) is 25.3 Å². The zero-order valence-electron chi connectivity index (χ0n) is 9.58. The first-order valence-corrected chi connectivity index (χ1v) is 5.24. The highest BCUT2D eigenvalue weighted by Crippen LogP contribution is 2.33. The van der Waals surface area contributed by atoms with Crippen molar-refractivity contribution in [1.29, 1.82) is 0 Å². The van der Waals surface area contributed by atoms with Crippen molar-refractivity contribution in [2.75, 3.05) is 13.6 Å². The first-order chi connectivity index (χ1) is 6.31. The van der Waals surface area contributed by atoms with Crippen LogP contribution in [-0.4, -0.2) is 35.6 Å². The van der Waals surface area contributed by atoms with Crippen LogP contribution in [0, 0.1) is 11.3 Å². The SMILES string of the molecule is CN(CC(C)(C)C)C1CCC1C(=O)O. The van der Waals surface area contributed by atoms with Crippen molar-refractivity contribution in [3.63, 3.8) is 0 Å². The summed E-state index contributed by atoms with van der Waals surface area (Å²) >= 11 is 0. The smallest absolute Gasteiger partial charge is 0.308 e. The van der Waals surface area contributed by atoms with E-state index in [0.717, 1.165) is 19.4 Å². The minimum atomic E-state index is -0.637. The van der Waals surface area contributed by atoms with Crippen molar-refractivity contribution in [3.8, 4) is 0 Å². The molecule has 0 aliphatic heterocycles. The Balaban J connectivity index is 2.46. The normalized spacial score (nSPS) is 27.5. The van der Waals surface area contributed by atoms with E-state index in [-0.39, 0.29) is 17.4 Å². The van der Waals surface area contributed by atoms with Crippen LogP contribution in [0.5, 0.6) is 0 Å². The number of rotatable bonds is 3. The lowest BCUT2D eigenvalue weighted by Crippen LogP contribution is -2.50. The van der Waals surface area contributed by atoms with Gasteiger partial charge in [-0.3, -0.25) is 4.79 Å². The molecule has 0 aromatic rings.